The Bertz CT molecular complexity index is 308. The molecule has 0 saturated carbocycles. The first-order chi connectivity index (χ1) is 10.7. The molecule has 0 aliphatic heterocycles. The third kappa shape index (κ3) is 15.3. The van der Waals surface area contributed by atoms with Crippen molar-refractivity contribution in [1.82, 2.24) is 0 Å². The van der Waals surface area contributed by atoms with E-state index in [9.17, 15) is 4.79 Å². The number of hydrogen-bond donors (Lipinski definition) is 1. The van der Waals surface area contributed by atoms with Gasteiger partial charge in [0.25, 0.3) is 0 Å². The van der Waals surface area contributed by atoms with Crippen LogP contribution in [0, 0.1) is 0 Å². The molecule has 0 unspecified atom stereocenters. The number of rotatable bonds is 15. The van der Waals surface area contributed by atoms with Crippen molar-refractivity contribution in [2.24, 2.45) is 0 Å². The van der Waals surface area contributed by atoms with Crippen LogP contribution in [0.4, 0.5) is 0 Å². The molecular formula is C19H34O3. The summed E-state index contributed by atoms with van der Waals surface area (Å²) in [7, 11) is 1.76. The fourth-order valence-corrected chi connectivity index (χ4v) is 2.32. The molecule has 128 valence electrons. The van der Waals surface area contributed by atoms with Crippen LogP contribution in [0.5, 0.6) is 0 Å². The second-order valence-electron chi connectivity index (χ2n) is 5.78. The molecule has 1 N–H and O–H groups in total. The van der Waals surface area contributed by atoms with Gasteiger partial charge >= 0.3 is 5.97 Å². The van der Waals surface area contributed by atoms with Gasteiger partial charge in [0.2, 0.25) is 0 Å². The first-order valence-corrected chi connectivity index (χ1v) is 8.78. The van der Waals surface area contributed by atoms with Crippen molar-refractivity contribution in [3.05, 3.63) is 24.3 Å². The number of aliphatic carboxylic acids is 1. The third-order valence-electron chi connectivity index (χ3n) is 3.73. The highest BCUT2D eigenvalue weighted by atomic mass is 16.5. The van der Waals surface area contributed by atoms with Crippen LogP contribution < -0.4 is 0 Å². The molecule has 0 bridgehead atoms. The quantitative estimate of drug-likeness (QED) is 0.320. The van der Waals surface area contributed by atoms with Gasteiger partial charge in [-0.3, -0.25) is 4.79 Å². The summed E-state index contributed by atoms with van der Waals surface area (Å²) in [5, 5.41) is 8.55. The normalized spacial score (nSPS) is 13.2. The third-order valence-corrected chi connectivity index (χ3v) is 3.73. The maximum Gasteiger partial charge on any atom is 0.303 e. The van der Waals surface area contributed by atoms with Gasteiger partial charge in [0, 0.05) is 13.5 Å². The Morgan fingerprint density at radius 2 is 1.77 bits per heavy atom. The molecule has 0 aromatic carbocycles. The largest absolute Gasteiger partial charge is 0.481 e. The van der Waals surface area contributed by atoms with Crippen molar-refractivity contribution in [2.75, 3.05) is 7.11 Å². The minimum Gasteiger partial charge on any atom is -0.481 e. The summed E-state index contributed by atoms with van der Waals surface area (Å²) in [5.41, 5.74) is 0. The molecule has 0 rings (SSSR count). The Hall–Kier alpha value is -1.09. The molecule has 0 aromatic rings. The number of hydrogen-bond acceptors (Lipinski definition) is 2. The Morgan fingerprint density at radius 1 is 1.05 bits per heavy atom. The molecule has 0 aliphatic rings. The van der Waals surface area contributed by atoms with Crippen molar-refractivity contribution >= 4 is 5.97 Å². The summed E-state index contributed by atoms with van der Waals surface area (Å²) < 4.78 is 5.46. The molecule has 0 amide bonds. The van der Waals surface area contributed by atoms with Gasteiger partial charge in [-0.25, -0.2) is 0 Å². The average Bonchev–Trinajstić information content (AvgIpc) is 2.50. The lowest BCUT2D eigenvalue weighted by molar-refractivity contribution is -0.137. The van der Waals surface area contributed by atoms with E-state index in [0.717, 1.165) is 44.9 Å². The van der Waals surface area contributed by atoms with Gasteiger partial charge in [-0.05, 0) is 25.7 Å². The number of unbranched alkanes of at least 4 members (excludes halogenated alkanes) is 7. The number of methoxy groups -OCH3 is 1. The van der Waals surface area contributed by atoms with Crippen LogP contribution >= 0.6 is 0 Å². The van der Waals surface area contributed by atoms with Crippen LogP contribution in [0.1, 0.15) is 77.6 Å². The van der Waals surface area contributed by atoms with Gasteiger partial charge in [-0.1, -0.05) is 69.8 Å². The first-order valence-electron chi connectivity index (χ1n) is 8.78. The van der Waals surface area contributed by atoms with Crippen LogP contribution in [0.2, 0.25) is 0 Å². The summed E-state index contributed by atoms with van der Waals surface area (Å²) in [6, 6.07) is 0. The van der Waals surface area contributed by atoms with Crippen molar-refractivity contribution in [1.29, 1.82) is 0 Å². The Morgan fingerprint density at radius 3 is 2.45 bits per heavy atom. The molecule has 0 radical (unpaired) electrons. The topological polar surface area (TPSA) is 46.5 Å². The molecule has 22 heavy (non-hydrogen) atoms. The van der Waals surface area contributed by atoms with E-state index in [2.05, 4.69) is 31.2 Å². The Kier molecular flexibility index (Phi) is 15.5. The Balaban J connectivity index is 3.59. The highest BCUT2D eigenvalue weighted by Crippen LogP contribution is 2.11. The number of ether oxygens (including phenoxy) is 1. The molecule has 0 fully saturated rings. The molecule has 0 aromatic heterocycles. The summed E-state index contributed by atoms with van der Waals surface area (Å²) >= 11 is 0. The van der Waals surface area contributed by atoms with Crippen LogP contribution in [0.15, 0.2) is 24.3 Å². The van der Waals surface area contributed by atoms with E-state index in [1.807, 2.05) is 0 Å². The van der Waals surface area contributed by atoms with Crippen LogP contribution in [-0.4, -0.2) is 24.3 Å². The van der Waals surface area contributed by atoms with Gasteiger partial charge in [0.05, 0.1) is 6.10 Å². The molecule has 1 atom stereocenters. The van der Waals surface area contributed by atoms with Gasteiger partial charge in [-0.15, -0.1) is 0 Å². The highest BCUT2D eigenvalue weighted by Gasteiger charge is 2.02. The van der Waals surface area contributed by atoms with E-state index in [4.69, 9.17) is 9.84 Å². The number of carboxylic acids is 1. The average molecular weight is 310 g/mol. The van der Waals surface area contributed by atoms with Gasteiger partial charge in [0.15, 0.2) is 0 Å². The number of carboxylic acid groups (broad SMARTS) is 1. The Labute approximate surface area is 136 Å². The van der Waals surface area contributed by atoms with Crippen molar-refractivity contribution in [3.63, 3.8) is 0 Å². The zero-order valence-corrected chi connectivity index (χ0v) is 14.4. The van der Waals surface area contributed by atoms with E-state index in [1.54, 1.807) is 7.11 Å². The zero-order chi connectivity index (χ0) is 16.5. The second kappa shape index (κ2) is 16.3. The number of allylic oxidation sites excluding steroid dienone is 3. The number of carbonyl (C=O) groups is 1. The fourth-order valence-electron chi connectivity index (χ4n) is 2.32. The van der Waals surface area contributed by atoms with Crippen LogP contribution in [0.25, 0.3) is 0 Å². The van der Waals surface area contributed by atoms with E-state index in [-0.39, 0.29) is 6.10 Å². The van der Waals surface area contributed by atoms with Crippen molar-refractivity contribution in [3.8, 4) is 0 Å². The van der Waals surface area contributed by atoms with Gasteiger partial charge in [-0.2, -0.15) is 0 Å². The van der Waals surface area contributed by atoms with Gasteiger partial charge in [0.1, 0.15) is 0 Å². The van der Waals surface area contributed by atoms with E-state index < -0.39 is 5.97 Å². The molecule has 0 heterocycles. The predicted molar refractivity (Wildman–Crippen MR) is 93.2 cm³/mol. The zero-order valence-electron chi connectivity index (χ0n) is 14.4. The molecule has 3 nitrogen and oxygen atoms in total. The smallest absolute Gasteiger partial charge is 0.303 e. The summed E-state index contributed by atoms with van der Waals surface area (Å²) in [5.74, 6) is -0.688. The predicted octanol–water partition coefficient (Wildman–Crippen LogP) is 5.51. The van der Waals surface area contributed by atoms with Crippen molar-refractivity contribution < 1.29 is 14.6 Å². The molecule has 0 aliphatic carbocycles. The van der Waals surface area contributed by atoms with E-state index >= 15 is 0 Å². The fraction of sp³-hybridized carbons (Fsp3) is 0.737. The maximum absolute atomic E-state index is 10.4. The van der Waals surface area contributed by atoms with Crippen LogP contribution in [0.3, 0.4) is 0 Å². The maximum atomic E-state index is 10.4. The molecule has 0 spiro atoms. The second-order valence-corrected chi connectivity index (χ2v) is 5.78. The minimum absolute atomic E-state index is 0.194. The molecular weight excluding hydrogens is 276 g/mol. The molecule has 3 heteroatoms. The van der Waals surface area contributed by atoms with E-state index in [1.165, 1.54) is 19.3 Å². The van der Waals surface area contributed by atoms with Gasteiger partial charge < -0.3 is 9.84 Å². The van der Waals surface area contributed by atoms with E-state index in [0.29, 0.717) is 6.42 Å². The standard InChI is InChI=1S/C19H34O3/c1-3-4-5-6-7-9-12-15-18(22-2)16-13-10-8-11-14-17-19(20)21/h7,9,12,15,18H,3-6,8,10-11,13-14,16-17H2,1-2H3,(H,20,21)/b9-7?,15-12+/t18-/m0/s1. The lowest BCUT2D eigenvalue weighted by atomic mass is 10.1. The van der Waals surface area contributed by atoms with Crippen LogP contribution in [-0.2, 0) is 9.53 Å². The summed E-state index contributed by atoms with van der Waals surface area (Å²) in [4.78, 5) is 10.4. The lowest BCUT2D eigenvalue weighted by Crippen LogP contribution is -2.06. The SMILES string of the molecule is CCCCCC=C/C=C/[C@@H](CCCCCCCC(=O)O)OC. The minimum atomic E-state index is -0.688. The molecule has 0 saturated heterocycles. The van der Waals surface area contributed by atoms with Crippen molar-refractivity contribution in [2.45, 2.75) is 83.7 Å². The first kappa shape index (κ1) is 20.9. The summed E-state index contributed by atoms with van der Waals surface area (Å²) in [6.45, 7) is 2.22. The lowest BCUT2D eigenvalue weighted by Gasteiger charge is -2.10. The highest BCUT2D eigenvalue weighted by molar-refractivity contribution is 5.66. The summed E-state index contributed by atoms with van der Waals surface area (Å²) in [6.07, 6.45) is 20.3. The monoisotopic (exact) mass is 310 g/mol.